The molecule has 1 aromatic heterocycles. The average Bonchev–Trinajstić information content (AvgIpc) is 2.63. The van der Waals surface area contributed by atoms with Gasteiger partial charge in [0, 0.05) is 12.7 Å². The lowest BCUT2D eigenvalue weighted by Crippen LogP contribution is -2.28. The van der Waals surface area contributed by atoms with Crippen LogP contribution in [-0.4, -0.2) is 22.9 Å². The van der Waals surface area contributed by atoms with Gasteiger partial charge in [0.2, 0.25) is 0 Å². The van der Waals surface area contributed by atoms with Crippen molar-refractivity contribution in [2.24, 2.45) is 5.92 Å². The molecule has 1 saturated heterocycles. The predicted octanol–water partition coefficient (Wildman–Crippen LogP) is 2.35. The molecular weight excluding hydrogens is 233 g/mol. The van der Waals surface area contributed by atoms with Gasteiger partial charge >= 0.3 is 0 Å². The SMILES string of the molecule is Cl.Clc1cnn(CCC2CCNCC2)c1. The molecule has 0 aliphatic carbocycles. The second kappa shape index (κ2) is 6.36. The van der Waals surface area contributed by atoms with E-state index in [9.17, 15) is 0 Å². The number of aryl methyl sites for hydroxylation is 1. The van der Waals surface area contributed by atoms with Gasteiger partial charge in [-0.2, -0.15) is 5.10 Å². The normalized spacial score (nSPS) is 17.4. The summed E-state index contributed by atoms with van der Waals surface area (Å²) in [6.45, 7) is 3.34. The summed E-state index contributed by atoms with van der Waals surface area (Å²) >= 11 is 5.79. The first-order valence-electron chi connectivity index (χ1n) is 5.23. The predicted molar refractivity (Wildman–Crippen MR) is 64.7 cm³/mol. The van der Waals surface area contributed by atoms with Crippen molar-refractivity contribution in [3.63, 3.8) is 0 Å². The molecule has 2 rings (SSSR count). The second-order valence-corrected chi connectivity index (χ2v) is 4.34. The van der Waals surface area contributed by atoms with E-state index in [1.807, 2.05) is 10.9 Å². The first-order chi connectivity index (χ1) is 6.84. The highest BCUT2D eigenvalue weighted by atomic mass is 35.5. The largest absolute Gasteiger partial charge is 0.317 e. The molecule has 1 N–H and O–H groups in total. The average molecular weight is 250 g/mol. The van der Waals surface area contributed by atoms with Gasteiger partial charge in [0.15, 0.2) is 0 Å². The first-order valence-corrected chi connectivity index (χ1v) is 5.61. The molecule has 15 heavy (non-hydrogen) atoms. The van der Waals surface area contributed by atoms with Crippen LogP contribution in [0.1, 0.15) is 19.3 Å². The van der Waals surface area contributed by atoms with Gasteiger partial charge in [-0.15, -0.1) is 12.4 Å². The fraction of sp³-hybridized carbons (Fsp3) is 0.700. The summed E-state index contributed by atoms with van der Waals surface area (Å²) in [6, 6.07) is 0. The maximum absolute atomic E-state index is 5.79. The quantitative estimate of drug-likeness (QED) is 0.892. The van der Waals surface area contributed by atoms with Gasteiger partial charge in [-0.05, 0) is 38.3 Å². The Balaban J connectivity index is 0.00000112. The third kappa shape index (κ3) is 4.01. The van der Waals surface area contributed by atoms with E-state index >= 15 is 0 Å². The third-order valence-electron chi connectivity index (χ3n) is 2.83. The molecule has 0 saturated carbocycles. The zero-order chi connectivity index (χ0) is 9.80. The van der Waals surface area contributed by atoms with Crippen LogP contribution in [0.2, 0.25) is 5.02 Å². The summed E-state index contributed by atoms with van der Waals surface area (Å²) in [6.07, 6.45) is 7.41. The number of nitrogens with one attached hydrogen (secondary N) is 1. The van der Waals surface area contributed by atoms with E-state index in [1.54, 1.807) is 6.20 Å². The second-order valence-electron chi connectivity index (χ2n) is 3.90. The van der Waals surface area contributed by atoms with Crippen molar-refractivity contribution in [1.29, 1.82) is 0 Å². The highest BCUT2D eigenvalue weighted by molar-refractivity contribution is 6.30. The van der Waals surface area contributed by atoms with Gasteiger partial charge < -0.3 is 5.32 Å². The van der Waals surface area contributed by atoms with E-state index in [0.717, 1.165) is 17.5 Å². The lowest BCUT2D eigenvalue weighted by molar-refractivity contribution is 0.332. The van der Waals surface area contributed by atoms with Gasteiger partial charge in [0.05, 0.1) is 11.2 Å². The van der Waals surface area contributed by atoms with Crippen LogP contribution in [0.4, 0.5) is 0 Å². The molecule has 0 amide bonds. The zero-order valence-electron chi connectivity index (χ0n) is 8.66. The lowest BCUT2D eigenvalue weighted by Gasteiger charge is -2.22. The Hall–Kier alpha value is -0.250. The summed E-state index contributed by atoms with van der Waals surface area (Å²) in [4.78, 5) is 0. The van der Waals surface area contributed by atoms with Crippen molar-refractivity contribution in [2.45, 2.75) is 25.8 Å². The van der Waals surface area contributed by atoms with E-state index < -0.39 is 0 Å². The lowest BCUT2D eigenvalue weighted by atomic mass is 9.95. The maximum atomic E-state index is 5.79. The molecule has 3 nitrogen and oxygen atoms in total. The minimum absolute atomic E-state index is 0. The van der Waals surface area contributed by atoms with Crippen LogP contribution in [0.15, 0.2) is 12.4 Å². The Bertz CT molecular complexity index is 282. The molecule has 0 radical (unpaired) electrons. The molecule has 0 aromatic carbocycles. The van der Waals surface area contributed by atoms with Crippen molar-refractivity contribution < 1.29 is 0 Å². The number of aromatic nitrogens is 2. The van der Waals surface area contributed by atoms with Crippen LogP contribution in [0, 0.1) is 5.92 Å². The third-order valence-corrected chi connectivity index (χ3v) is 3.02. The molecule has 0 spiro atoms. The van der Waals surface area contributed by atoms with E-state index in [1.165, 1.54) is 32.4 Å². The topological polar surface area (TPSA) is 29.9 Å². The van der Waals surface area contributed by atoms with Gasteiger partial charge in [0.1, 0.15) is 0 Å². The molecule has 2 heterocycles. The molecule has 1 aliphatic rings. The summed E-state index contributed by atoms with van der Waals surface area (Å²) in [5.74, 6) is 0.860. The van der Waals surface area contributed by atoms with Crippen LogP contribution >= 0.6 is 24.0 Å². The van der Waals surface area contributed by atoms with Gasteiger partial charge in [-0.3, -0.25) is 4.68 Å². The molecule has 0 unspecified atom stereocenters. The number of halogens is 2. The van der Waals surface area contributed by atoms with Crippen molar-refractivity contribution in [3.05, 3.63) is 17.4 Å². The number of piperidine rings is 1. The van der Waals surface area contributed by atoms with Crippen LogP contribution in [0.25, 0.3) is 0 Å². The van der Waals surface area contributed by atoms with Crippen molar-refractivity contribution >= 4 is 24.0 Å². The van der Waals surface area contributed by atoms with E-state index in [-0.39, 0.29) is 12.4 Å². The molecule has 1 fully saturated rings. The summed E-state index contributed by atoms with van der Waals surface area (Å²) in [7, 11) is 0. The molecule has 1 aromatic rings. The van der Waals surface area contributed by atoms with Crippen LogP contribution in [0.3, 0.4) is 0 Å². The molecule has 86 valence electrons. The van der Waals surface area contributed by atoms with Crippen molar-refractivity contribution in [3.8, 4) is 0 Å². The molecule has 0 atom stereocenters. The Labute approximate surface area is 102 Å². The van der Waals surface area contributed by atoms with Crippen molar-refractivity contribution in [1.82, 2.24) is 15.1 Å². The minimum Gasteiger partial charge on any atom is -0.317 e. The first kappa shape index (κ1) is 12.8. The Morgan fingerprint density at radius 1 is 1.47 bits per heavy atom. The fourth-order valence-electron chi connectivity index (χ4n) is 1.95. The zero-order valence-corrected chi connectivity index (χ0v) is 10.2. The number of nitrogens with zero attached hydrogens (tertiary/aromatic N) is 2. The standard InChI is InChI=1S/C10H16ClN3.ClH/c11-10-7-13-14(8-10)6-3-9-1-4-12-5-2-9;/h7-9,12H,1-6H2;1H. The molecular formula is C10H17Cl2N3. The van der Waals surface area contributed by atoms with Gasteiger partial charge in [-0.25, -0.2) is 0 Å². The number of hydrogen-bond acceptors (Lipinski definition) is 2. The molecule has 1 aliphatic heterocycles. The van der Waals surface area contributed by atoms with Crippen LogP contribution in [0.5, 0.6) is 0 Å². The maximum Gasteiger partial charge on any atom is 0.0785 e. The Morgan fingerprint density at radius 3 is 2.80 bits per heavy atom. The molecule has 5 heteroatoms. The Morgan fingerprint density at radius 2 is 2.20 bits per heavy atom. The van der Waals surface area contributed by atoms with Crippen LogP contribution < -0.4 is 5.32 Å². The van der Waals surface area contributed by atoms with Gasteiger partial charge in [-0.1, -0.05) is 11.6 Å². The minimum atomic E-state index is 0. The monoisotopic (exact) mass is 249 g/mol. The highest BCUT2D eigenvalue weighted by Crippen LogP contribution is 2.17. The summed E-state index contributed by atoms with van der Waals surface area (Å²) in [5, 5.41) is 8.27. The number of rotatable bonds is 3. The van der Waals surface area contributed by atoms with Crippen LogP contribution in [-0.2, 0) is 6.54 Å². The molecule has 0 bridgehead atoms. The van der Waals surface area contributed by atoms with Gasteiger partial charge in [0.25, 0.3) is 0 Å². The van der Waals surface area contributed by atoms with E-state index in [2.05, 4.69) is 10.4 Å². The summed E-state index contributed by atoms with van der Waals surface area (Å²) < 4.78 is 1.93. The summed E-state index contributed by atoms with van der Waals surface area (Å²) in [5.41, 5.74) is 0. The number of hydrogen-bond donors (Lipinski definition) is 1. The fourth-order valence-corrected chi connectivity index (χ4v) is 2.10. The highest BCUT2D eigenvalue weighted by Gasteiger charge is 2.12. The van der Waals surface area contributed by atoms with E-state index in [0.29, 0.717) is 0 Å². The van der Waals surface area contributed by atoms with E-state index in [4.69, 9.17) is 11.6 Å². The Kier molecular flexibility index (Phi) is 5.43. The van der Waals surface area contributed by atoms with Crippen molar-refractivity contribution in [2.75, 3.05) is 13.1 Å². The smallest absolute Gasteiger partial charge is 0.0785 e.